The van der Waals surface area contributed by atoms with Gasteiger partial charge in [-0.15, -0.1) is 0 Å². The normalized spacial score (nSPS) is 13.1. The van der Waals surface area contributed by atoms with Crippen LogP contribution in [0.1, 0.15) is 17.2 Å². The third kappa shape index (κ3) is 3.98. The molecule has 1 unspecified atom stereocenters. The van der Waals surface area contributed by atoms with Crippen molar-refractivity contribution in [2.24, 2.45) is 5.73 Å². The highest BCUT2D eigenvalue weighted by atomic mass is 32.2. The van der Waals surface area contributed by atoms with Crippen molar-refractivity contribution in [2.45, 2.75) is 13.0 Å². The Hall–Kier alpha value is -0.580. The molecule has 0 aliphatic heterocycles. The zero-order chi connectivity index (χ0) is 12.8. The first-order valence-electron chi connectivity index (χ1n) is 5.75. The van der Waals surface area contributed by atoms with Crippen LogP contribution in [0.25, 0.3) is 0 Å². The molecule has 1 aromatic rings. The Kier molecular flexibility index (Phi) is 5.95. The molecular weight excluding hydrogens is 235 g/mol. The number of hydrogen-bond donors (Lipinski definition) is 1. The number of aryl methyl sites for hydroxylation is 1. The van der Waals surface area contributed by atoms with E-state index in [4.69, 9.17) is 5.73 Å². The summed E-state index contributed by atoms with van der Waals surface area (Å²) in [6.07, 6.45) is 2.08. The number of thioether (sulfide) groups is 1. The predicted molar refractivity (Wildman–Crippen MR) is 73.9 cm³/mol. The van der Waals surface area contributed by atoms with E-state index in [1.165, 1.54) is 6.07 Å². The summed E-state index contributed by atoms with van der Waals surface area (Å²) >= 11 is 1.80. The average Bonchev–Trinajstić information content (AvgIpc) is 2.32. The van der Waals surface area contributed by atoms with Gasteiger partial charge < -0.3 is 5.73 Å². The van der Waals surface area contributed by atoms with Crippen molar-refractivity contribution >= 4 is 11.8 Å². The molecule has 0 aliphatic carbocycles. The summed E-state index contributed by atoms with van der Waals surface area (Å²) in [6.45, 7) is 3.47. The van der Waals surface area contributed by atoms with Gasteiger partial charge in [0.25, 0.3) is 0 Å². The zero-order valence-electron chi connectivity index (χ0n) is 10.7. The molecule has 1 aromatic carbocycles. The molecule has 2 nitrogen and oxygen atoms in total. The fourth-order valence-corrected chi connectivity index (χ4v) is 2.38. The fourth-order valence-electron chi connectivity index (χ4n) is 1.91. The molecule has 0 saturated heterocycles. The largest absolute Gasteiger partial charge is 0.329 e. The van der Waals surface area contributed by atoms with Crippen molar-refractivity contribution in [2.75, 3.05) is 32.1 Å². The second kappa shape index (κ2) is 6.99. The molecule has 0 fully saturated rings. The van der Waals surface area contributed by atoms with E-state index >= 15 is 0 Å². The van der Waals surface area contributed by atoms with Gasteiger partial charge in [-0.3, -0.25) is 4.90 Å². The van der Waals surface area contributed by atoms with Crippen LogP contribution < -0.4 is 5.73 Å². The summed E-state index contributed by atoms with van der Waals surface area (Å²) < 4.78 is 13.3. The van der Waals surface area contributed by atoms with Gasteiger partial charge in [-0.1, -0.05) is 6.07 Å². The van der Waals surface area contributed by atoms with Crippen LogP contribution in [0.3, 0.4) is 0 Å². The summed E-state index contributed by atoms with van der Waals surface area (Å²) in [4.78, 5) is 2.19. The van der Waals surface area contributed by atoms with Crippen molar-refractivity contribution in [3.8, 4) is 0 Å². The van der Waals surface area contributed by atoms with Crippen molar-refractivity contribution in [3.05, 3.63) is 35.1 Å². The van der Waals surface area contributed by atoms with E-state index in [9.17, 15) is 4.39 Å². The maximum absolute atomic E-state index is 13.3. The Bertz CT molecular complexity index is 357. The van der Waals surface area contributed by atoms with E-state index in [-0.39, 0.29) is 11.9 Å². The van der Waals surface area contributed by atoms with Crippen molar-refractivity contribution in [3.63, 3.8) is 0 Å². The van der Waals surface area contributed by atoms with E-state index in [1.807, 2.05) is 20.0 Å². The first-order chi connectivity index (χ1) is 8.10. The number of rotatable bonds is 6. The molecular formula is C13H21FN2S. The standard InChI is InChI=1S/C13H21FN2S/c1-10-4-5-11(14)8-12(10)13(9-15)16(2)6-7-17-3/h4-5,8,13H,6-7,9,15H2,1-3H3. The van der Waals surface area contributed by atoms with Crippen LogP contribution >= 0.6 is 11.8 Å². The lowest BCUT2D eigenvalue weighted by Crippen LogP contribution is -2.32. The highest BCUT2D eigenvalue weighted by molar-refractivity contribution is 7.98. The minimum Gasteiger partial charge on any atom is -0.329 e. The summed E-state index contributed by atoms with van der Waals surface area (Å²) in [5, 5.41) is 0. The van der Waals surface area contributed by atoms with Crippen molar-refractivity contribution in [1.82, 2.24) is 4.90 Å². The Morgan fingerprint density at radius 1 is 1.47 bits per heavy atom. The van der Waals surface area contributed by atoms with E-state index < -0.39 is 0 Å². The van der Waals surface area contributed by atoms with E-state index in [0.29, 0.717) is 6.54 Å². The lowest BCUT2D eigenvalue weighted by Gasteiger charge is -2.28. The fraction of sp³-hybridized carbons (Fsp3) is 0.538. The molecule has 0 spiro atoms. The summed E-state index contributed by atoms with van der Waals surface area (Å²) in [5.74, 6) is 0.865. The molecule has 0 radical (unpaired) electrons. The second-order valence-electron chi connectivity index (χ2n) is 4.23. The number of nitrogens with two attached hydrogens (primary N) is 1. The third-order valence-corrected chi connectivity index (χ3v) is 3.59. The van der Waals surface area contributed by atoms with Gasteiger partial charge in [-0.2, -0.15) is 11.8 Å². The Labute approximate surface area is 107 Å². The van der Waals surface area contributed by atoms with Crippen LogP contribution in [0.5, 0.6) is 0 Å². The van der Waals surface area contributed by atoms with Gasteiger partial charge in [-0.25, -0.2) is 4.39 Å². The number of halogens is 1. The van der Waals surface area contributed by atoms with Gasteiger partial charge >= 0.3 is 0 Å². The van der Waals surface area contributed by atoms with Crippen LogP contribution in [0.2, 0.25) is 0 Å². The molecule has 2 N–H and O–H groups in total. The number of hydrogen-bond acceptors (Lipinski definition) is 3. The molecule has 17 heavy (non-hydrogen) atoms. The van der Waals surface area contributed by atoms with Crippen molar-refractivity contribution in [1.29, 1.82) is 0 Å². The number of likely N-dealkylation sites (N-methyl/N-ethyl adjacent to an activating group) is 1. The van der Waals surface area contributed by atoms with E-state index in [2.05, 4.69) is 11.2 Å². The quantitative estimate of drug-likeness (QED) is 0.847. The molecule has 0 heterocycles. The first kappa shape index (κ1) is 14.5. The SMILES string of the molecule is CSCCN(C)C(CN)c1cc(F)ccc1C. The van der Waals surface area contributed by atoms with Gasteiger partial charge in [0, 0.05) is 24.9 Å². The Balaban J connectivity index is 2.88. The molecule has 4 heteroatoms. The van der Waals surface area contributed by atoms with E-state index in [0.717, 1.165) is 23.4 Å². The summed E-state index contributed by atoms with van der Waals surface area (Å²) in [5.41, 5.74) is 7.92. The van der Waals surface area contributed by atoms with Gasteiger partial charge in [-0.05, 0) is 43.5 Å². The number of benzene rings is 1. The highest BCUT2D eigenvalue weighted by Gasteiger charge is 2.17. The maximum Gasteiger partial charge on any atom is 0.123 e. The van der Waals surface area contributed by atoms with Gasteiger partial charge in [0.2, 0.25) is 0 Å². The van der Waals surface area contributed by atoms with E-state index in [1.54, 1.807) is 17.8 Å². The number of nitrogens with zero attached hydrogens (tertiary/aromatic N) is 1. The topological polar surface area (TPSA) is 29.3 Å². The Morgan fingerprint density at radius 3 is 2.76 bits per heavy atom. The van der Waals surface area contributed by atoms with Gasteiger partial charge in [0.15, 0.2) is 0 Å². The van der Waals surface area contributed by atoms with Crippen LogP contribution in [0.4, 0.5) is 4.39 Å². The van der Waals surface area contributed by atoms with Gasteiger partial charge in [0.05, 0.1) is 0 Å². The molecule has 0 saturated carbocycles. The van der Waals surface area contributed by atoms with Crippen LogP contribution in [-0.4, -0.2) is 37.0 Å². The molecule has 96 valence electrons. The second-order valence-corrected chi connectivity index (χ2v) is 5.21. The predicted octanol–water partition coefficient (Wildman–Crippen LogP) is 2.43. The molecule has 1 atom stereocenters. The van der Waals surface area contributed by atoms with Gasteiger partial charge in [0.1, 0.15) is 5.82 Å². The van der Waals surface area contributed by atoms with Crippen LogP contribution in [0, 0.1) is 12.7 Å². The van der Waals surface area contributed by atoms with Crippen molar-refractivity contribution < 1.29 is 4.39 Å². The minimum atomic E-state index is -0.192. The monoisotopic (exact) mass is 256 g/mol. The van der Waals surface area contributed by atoms with Crippen LogP contribution in [0.15, 0.2) is 18.2 Å². The minimum absolute atomic E-state index is 0.0952. The average molecular weight is 256 g/mol. The summed E-state index contributed by atoms with van der Waals surface area (Å²) in [7, 11) is 2.04. The smallest absolute Gasteiger partial charge is 0.123 e. The molecule has 0 aliphatic rings. The molecule has 0 aromatic heterocycles. The maximum atomic E-state index is 13.3. The lowest BCUT2D eigenvalue weighted by atomic mass is 10.00. The lowest BCUT2D eigenvalue weighted by molar-refractivity contribution is 0.264. The third-order valence-electron chi connectivity index (χ3n) is 3.00. The Morgan fingerprint density at radius 2 is 2.18 bits per heavy atom. The zero-order valence-corrected chi connectivity index (χ0v) is 11.6. The highest BCUT2D eigenvalue weighted by Crippen LogP contribution is 2.23. The summed E-state index contributed by atoms with van der Waals surface area (Å²) in [6, 6.07) is 5.00. The first-order valence-corrected chi connectivity index (χ1v) is 7.14. The van der Waals surface area contributed by atoms with Crippen LogP contribution in [-0.2, 0) is 0 Å². The molecule has 1 rings (SSSR count). The molecule has 0 amide bonds. The molecule has 0 bridgehead atoms.